The fourth-order valence-corrected chi connectivity index (χ4v) is 1.82. The molecule has 0 saturated heterocycles. The van der Waals surface area contributed by atoms with E-state index in [1.165, 1.54) is 6.07 Å². The largest absolute Gasteiger partial charge is 0.370 e. The van der Waals surface area contributed by atoms with Crippen LogP contribution < -0.4 is 4.90 Å². The first-order valence-corrected chi connectivity index (χ1v) is 5.66. The first kappa shape index (κ1) is 12.1. The number of benzene rings is 2. The zero-order chi connectivity index (χ0) is 13.0. The Morgan fingerprint density at radius 1 is 1.11 bits per heavy atom. The molecule has 0 saturated carbocycles. The molecule has 0 aromatic heterocycles. The maximum Gasteiger partial charge on any atom is 0.269 e. The molecule has 0 spiro atoms. The van der Waals surface area contributed by atoms with Gasteiger partial charge in [-0.25, -0.2) is 0 Å². The summed E-state index contributed by atoms with van der Waals surface area (Å²) in [4.78, 5) is 12.4. The molecular formula is C14H14N2O2. The van der Waals surface area contributed by atoms with Crippen molar-refractivity contribution < 1.29 is 4.92 Å². The predicted octanol–water partition coefficient (Wildman–Crippen LogP) is 3.23. The Hall–Kier alpha value is -2.36. The van der Waals surface area contributed by atoms with Gasteiger partial charge in [-0.1, -0.05) is 30.3 Å². The van der Waals surface area contributed by atoms with Crippen LogP contribution in [0.3, 0.4) is 0 Å². The maximum absolute atomic E-state index is 10.7. The molecule has 0 aliphatic carbocycles. The monoisotopic (exact) mass is 242 g/mol. The van der Waals surface area contributed by atoms with Crippen LogP contribution in [0.2, 0.25) is 0 Å². The summed E-state index contributed by atoms with van der Waals surface area (Å²) in [6.07, 6.45) is 0. The van der Waals surface area contributed by atoms with Gasteiger partial charge in [0.1, 0.15) is 0 Å². The topological polar surface area (TPSA) is 46.4 Å². The number of anilines is 1. The summed E-state index contributed by atoms with van der Waals surface area (Å²) in [6.45, 7) is 0.645. The average Bonchev–Trinajstić information content (AvgIpc) is 2.40. The number of nitro groups is 1. The van der Waals surface area contributed by atoms with Crippen LogP contribution in [0, 0.1) is 10.1 Å². The first-order valence-electron chi connectivity index (χ1n) is 5.66. The van der Waals surface area contributed by atoms with Crippen molar-refractivity contribution in [3.05, 3.63) is 70.3 Å². The lowest BCUT2D eigenvalue weighted by Gasteiger charge is -2.19. The predicted molar refractivity (Wildman–Crippen MR) is 71.6 cm³/mol. The van der Waals surface area contributed by atoms with E-state index in [9.17, 15) is 10.1 Å². The van der Waals surface area contributed by atoms with Crippen LogP contribution in [0.4, 0.5) is 11.4 Å². The van der Waals surface area contributed by atoms with Gasteiger partial charge in [0.15, 0.2) is 0 Å². The van der Waals surface area contributed by atoms with Crippen molar-refractivity contribution in [2.24, 2.45) is 0 Å². The molecule has 4 nitrogen and oxygen atoms in total. The molecule has 0 unspecified atom stereocenters. The Bertz CT molecular complexity index is 541. The normalized spacial score (nSPS) is 10.1. The number of hydrogen-bond acceptors (Lipinski definition) is 3. The minimum atomic E-state index is -0.369. The molecule has 0 atom stereocenters. The summed E-state index contributed by atoms with van der Waals surface area (Å²) in [5.74, 6) is 0. The van der Waals surface area contributed by atoms with Crippen LogP contribution in [0.5, 0.6) is 0 Å². The molecule has 2 aromatic carbocycles. The molecule has 92 valence electrons. The highest BCUT2D eigenvalue weighted by molar-refractivity contribution is 5.46. The highest BCUT2D eigenvalue weighted by Crippen LogP contribution is 2.18. The summed E-state index contributed by atoms with van der Waals surface area (Å²) in [6, 6.07) is 16.7. The van der Waals surface area contributed by atoms with E-state index in [0.29, 0.717) is 6.54 Å². The van der Waals surface area contributed by atoms with Crippen molar-refractivity contribution in [1.82, 2.24) is 0 Å². The van der Waals surface area contributed by atoms with Gasteiger partial charge < -0.3 is 4.90 Å². The van der Waals surface area contributed by atoms with Crippen LogP contribution in [0.1, 0.15) is 5.56 Å². The van der Waals surface area contributed by atoms with Gasteiger partial charge in [-0.2, -0.15) is 0 Å². The van der Waals surface area contributed by atoms with E-state index in [4.69, 9.17) is 0 Å². The molecule has 0 fully saturated rings. The molecule has 0 bridgehead atoms. The summed E-state index contributed by atoms with van der Waals surface area (Å²) in [5, 5.41) is 10.7. The van der Waals surface area contributed by atoms with E-state index >= 15 is 0 Å². The lowest BCUT2D eigenvalue weighted by Crippen LogP contribution is -2.16. The second-order valence-corrected chi connectivity index (χ2v) is 4.12. The highest BCUT2D eigenvalue weighted by atomic mass is 16.6. The molecule has 18 heavy (non-hydrogen) atoms. The van der Waals surface area contributed by atoms with Crippen LogP contribution >= 0.6 is 0 Å². The average molecular weight is 242 g/mol. The third-order valence-corrected chi connectivity index (χ3v) is 2.74. The molecule has 2 rings (SSSR count). The smallest absolute Gasteiger partial charge is 0.269 e. The number of rotatable bonds is 4. The van der Waals surface area contributed by atoms with Crippen molar-refractivity contribution in [3.63, 3.8) is 0 Å². The molecule has 0 N–H and O–H groups in total. The first-order chi connectivity index (χ1) is 8.66. The summed E-state index contributed by atoms with van der Waals surface area (Å²) < 4.78 is 0. The maximum atomic E-state index is 10.7. The van der Waals surface area contributed by atoms with Crippen LogP contribution in [0.15, 0.2) is 54.6 Å². The lowest BCUT2D eigenvalue weighted by molar-refractivity contribution is -0.384. The third kappa shape index (κ3) is 2.85. The van der Waals surface area contributed by atoms with Crippen LogP contribution in [-0.4, -0.2) is 12.0 Å². The van der Waals surface area contributed by atoms with Crippen molar-refractivity contribution in [1.29, 1.82) is 0 Å². The zero-order valence-electron chi connectivity index (χ0n) is 10.1. The van der Waals surface area contributed by atoms with Crippen LogP contribution in [-0.2, 0) is 6.54 Å². The van der Waals surface area contributed by atoms with Gasteiger partial charge >= 0.3 is 0 Å². The van der Waals surface area contributed by atoms with E-state index in [1.807, 2.05) is 43.4 Å². The quantitative estimate of drug-likeness (QED) is 0.610. The van der Waals surface area contributed by atoms with Gasteiger partial charge in [-0.05, 0) is 17.7 Å². The van der Waals surface area contributed by atoms with Crippen molar-refractivity contribution >= 4 is 11.4 Å². The second-order valence-electron chi connectivity index (χ2n) is 4.12. The highest BCUT2D eigenvalue weighted by Gasteiger charge is 2.07. The Labute approximate surface area is 106 Å². The Kier molecular flexibility index (Phi) is 3.57. The zero-order valence-corrected chi connectivity index (χ0v) is 10.1. The minimum Gasteiger partial charge on any atom is -0.370 e. The van der Waals surface area contributed by atoms with E-state index < -0.39 is 0 Å². The summed E-state index contributed by atoms with van der Waals surface area (Å²) in [7, 11) is 1.97. The standard InChI is InChI=1S/C14H14N2O2/c1-15(13-7-3-2-4-8-13)11-12-6-5-9-14(10-12)16(17)18/h2-10H,11H2,1H3. The fourth-order valence-electron chi connectivity index (χ4n) is 1.82. The third-order valence-electron chi connectivity index (χ3n) is 2.74. The van der Waals surface area contributed by atoms with Crippen molar-refractivity contribution in [3.8, 4) is 0 Å². The van der Waals surface area contributed by atoms with Gasteiger partial charge in [0.2, 0.25) is 0 Å². The molecule has 0 amide bonds. The van der Waals surface area contributed by atoms with E-state index in [2.05, 4.69) is 4.90 Å². The summed E-state index contributed by atoms with van der Waals surface area (Å²) in [5.41, 5.74) is 2.15. The van der Waals surface area contributed by atoms with Gasteiger partial charge in [0.25, 0.3) is 5.69 Å². The lowest BCUT2D eigenvalue weighted by atomic mass is 10.2. The van der Waals surface area contributed by atoms with E-state index in [1.54, 1.807) is 12.1 Å². The number of para-hydroxylation sites is 1. The number of nitrogens with zero attached hydrogens (tertiary/aromatic N) is 2. The Balaban J connectivity index is 2.14. The van der Waals surface area contributed by atoms with Crippen molar-refractivity contribution in [2.45, 2.75) is 6.54 Å². The van der Waals surface area contributed by atoms with Gasteiger partial charge in [0, 0.05) is 31.4 Å². The molecule has 0 aliphatic heterocycles. The molecule has 4 heteroatoms. The van der Waals surface area contributed by atoms with Crippen LogP contribution in [0.25, 0.3) is 0 Å². The molecular weight excluding hydrogens is 228 g/mol. The van der Waals surface area contributed by atoms with Gasteiger partial charge in [-0.15, -0.1) is 0 Å². The van der Waals surface area contributed by atoms with E-state index in [0.717, 1.165) is 11.3 Å². The molecule has 0 aliphatic rings. The Morgan fingerprint density at radius 2 is 1.83 bits per heavy atom. The number of non-ortho nitro benzene ring substituents is 1. The number of nitro benzene ring substituents is 1. The molecule has 0 radical (unpaired) electrons. The fraction of sp³-hybridized carbons (Fsp3) is 0.143. The SMILES string of the molecule is CN(Cc1cccc([N+](=O)[O-])c1)c1ccccc1. The summed E-state index contributed by atoms with van der Waals surface area (Å²) >= 11 is 0. The minimum absolute atomic E-state index is 0.133. The van der Waals surface area contributed by atoms with Gasteiger partial charge in [-0.3, -0.25) is 10.1 Å². The van der Waals surface area contributed by atoms with Gasteiger partial charge in [0.05, 0.1) is 4.92 Å². The second kappa shape index (κ2) is 5.31. The Morgan fingerprint density at radius 3 is 2.50 bits per heavy atom. The molecule has 2 aromatic rings. The number of hydrogen-bond donors (Lipinski definition) is 0. The molecule has 0 heterocycles. The van der Waals surface area contributed by atoms with E-state index in [-0.39, 0.29) is 10.6 Å². The van der Waals surface area contributed by atoms with Crippen molar-refractivity contribution in [2.75, 3.05) is 11.9 Å².